The van der Waals surface area contributed by atoms with Crippen LogP contribution in [0.4, 0.5) is 11.4 Å². The van der Waals surface area contributed by atoms with Gasteiger partial charge in [-0.15, -0.1) is 11.8 Å². The molecule has 0 aromatic heterocycles. The van der Waals surface area contributed by atoms with Gasteiger partial charge in [-0.3, -0.25) is 14.4 Å². The molecule has 5 aromatic carbocycles. The summed E-state index contributed by atoms with van der Waals surface area (Å²) < 4.78 is 16.4. The molecule has 0 aliphatic carbocycles. The van der Waals surface area contributed by atoms with Crippen molar-refractivity contribution in [2.75, 3.05) is 32.0 Å². The van der Waals surface area contributed by atoms with Gasteiger partial charge in [0.15, 0.2) is 11.5 Å². The summed E-state index contributed by atoms with van der Waals surface area (Å²) in [4.78, 5) is 52.7. The number of methoxy groups -OCH3 is 3. The number of anilines is 2. The number of ether oxygens (including phenoxy) is 3. The van der Waals surface area contributed by atoms with Crippen molar-refractivity contribution in [2.24, 2.45) is 0 Å². The zero-order chi connectivity index (χ0) is 37.0. The van der Waals surface area contributed by atoms with E-state index in [2.05, 4.69) is 16.0 Å². The van der Waals surface area contributed by atoms with Gasteiger partial charge in [-0.1, -0.05) is 54.6 Å². The van der Waals surface area contributed by atoms with Gasteiger partial charge >= 0.3 is 5.97 Å². The van der Waals surface area contributed by atoms with Crippen LogP contribution in [-0.2, 0) is 9.59 Å². The topological polar surface area (TPSA) is 152 Å². The van der Waals surface area contributed by atoms with Gasteiger partial charge in [0.25, 0.3) is 11.8 Å². The van der Waals surface area contributed by atoms with Gasteiger partial charge in [0.2, 0.25) is 11.7 Å². The Hall–Kier alpha value is -6.53. The highest BCUT2D eigenvalue weighted by molar-refractivity contribution is 8.00. The van der Waals surface area contributed by atoms with Crippen LogP contribution >= 0.6 is 11.8 Å². The van der Waals surface area contributed by atoms with Crippen LogP contribution in [0.3, 0.4) is 0 Å². The van der Waals surface area contributed by atoms with E-state index >= 15 is 0 Å². The molecule has 5 aromatic rings. The van der Waals surface area contributed by atoms with Crippen molar-refractivity contribution in [1.82, 2.24) is 5.32 Å². The predicted molar refractivity (Wildman–Crippen MR) is 200 cm³/mol. The normalized spacial score (nSPS) is 11.5. The third-order valence-electron chi connectivity index (χ3n) is 7.61. The van der Waals surface area contributed by atoms with E-state index in [-0.39, 0.29) is 17.2 Å². The molecule has 0 fully saturated rings. The number of hydrogen-bond acceptors (Lipinski definition) is 8. The van der Waals surface area contributed by atoms with Gasteiger partial charge in [-0.2, -0.15) is 0 Å². The van der Waals surface area contributed by atoms with E-state index in [1.165, 1.54) is 63.4 Å². The summed E-state index contributed by atoms with van der Waals surface area (Å²) in [7, 11) is 4.44. The third-order valence-corrected chi connectivity index (χ3v) is 8.86. The first-order valence-corrected chi connectivity index (χ1v) is 16.7. The average Bonchev–Trinajstić information content (AvgIpc) is 3.17. The van der Waals surface area contributed by atoms with Crippen LogP contribution in [0, 0.1) is 0 Å². The molecule has 3 amide bonds. The zero-order valence-corrected chi connectivity index (χ0v) is 29.2. The number of hydrogen-bond donors (Lipinski definition) is 4. The van der Waals surface area contributed by atoms with Crippen molar-refractivity contribution in [3.63, 3.8) is 0 Å². The quantitative estimate of drug-likeness (QED) is 0.0685. The molecule has 4 N–H and O–H groups in total. The lowest BCUT2D eigenvalue weighted by Crippen LogP contribution is -2.30. The summed E-state index contributed by atoms with van der Waals surface area (Å²) in [6, 6.07) is 33.9. The fourth-order valence-electron chi connectivity index (χ4n) is 5.08. The van der Waals surface area contributed by atoms with Gasteiger partial charge in [0, 0.05) is 21.8 Å². The van der Waals surface area contributed by atoms with Crippen LogP contribution in [0.5, 0.6) is 17.2 Å². The fourth-order valence-corrected chi connectivity index (χ4v) is 6.16. The lowest BCUT2D eigenvalue weighted by Gasteiger charge is -2.18. The molecule has 1 atom stereocenters. The number of aromatic carboxylic acids is 1. The highest BCUT2D eigenvalue weighted by Crippen LogP contribution is 2.39. The Bertz CT molecular complexity index is 2060. The van der Waals surface area contributed by atoms with Crippen LogP contribution in [0.1, 0.15) is 37.1 Å². The smallest absolute Gasteiger partial charge is 0.335 e. The monoisotopic (exact) mass is 717 g/mol. The Kier molecular flexibility index (Phi) is 12.3. The average molecular weight is 718 g/mol. The van der Waals surface area contributed by atoms with Crippen LogP contribution < -0.4 is 30.2 Å². The number of nitrogens with one attached hydrogen (secondary N) is 3. The number of thioether (sulfide) groups is 1. The van der Waals surface area contributed by atoms with Crippen LogP contribution in [0.15, 0.2) is 132 Å². The lowest BCUT2D eigenvalue weighted by molar-refractivity contribution is -0.116. The number of benzene rings is 5. The molecule has 0 heterocycles. The molecule has 12 heteroatoms. The molecule has 0 spiro atoms. The Morgan fingerprint density at radius 2 is 1.31 bits per heavy atom. The number of amides is 3. The minimum absolute atomic E-state index is 0.0587. The van der Waals surface area contributed by atoms with Gasteiger partial charge in [-0.05, 0) is 83.9 Å². The summed E-state index contributed by atoms with van der Waals surface area (Å²) in [5.41, 5.74) is 2.49. The van der Waals surface area contributed by atoms with E-state index in [9.17, 15) is 24.3 Å². The molecule has 1 unspecified atom stereocenters. The van der Waals surface area contributed by atoms with Crippen molar-refractivity contribution in [1.29, 1.82) is 0 Å². The molecule has 0 saturated carbocycles. The van der Waals surface area contributed by atoms with E-state index in [0.29, 0.717) is 44.6 Å². The fraction of sp³-hybridized carbons (Fsp3) is 0.100. The number of carbonyl (C=O) groups is 4. The molecular weight excluding hydrogens is 683 g/mol. The molecular formula is C40H35N3O8S. The van der Waals surface area contributed by atoms with Gasteiger partial charge in [0.05, 0.1) is 26.9 Å². The minimum Gasteiger partial charge on any atom is -0.493 e. The Morgan fingerprint density at radius 1 is 0.673 bits per heavy atom. The Balaban J connectivity index is 1.42. The maximum absolute atomic E-state index is 13.9. The van der Waals surface area contributed by atoms with Crippen LogP contribution in [0.25, 0.3) is 6.08 Å². The van der Waals surface area contributed by atoms with Crippen LogP contribution in [-0.4, -0.2) is 50.1 Å². The molecule has 5 rings (SSSR count). The zero-order valence-electron chi connectivity index (χ0n) is 28.4. The standard InChI is InChI=1S/C40H35N3O8S/c1-49-33-22-25(23-34(50-2)35(33)51-3)21-32(43-37(44)27-13-8-5-9-14-27)38(45)42-30-15-10-16-31(24-30)52-36(26-11-6-4-7-12-26)39(46)41-29-19-17-28(18-20-29)40(47)48/h4-24,36H,1-3H3,(H,41,46)(H,42,45)(H,43,44)(H,47,48)/b32-21+. The Morgan fingerprint density at radius 3 is 1.90 bits per heavy atom. The van der Waals surface area contributed by atoms with Crippen molar-refractivity contribution in [3.8, 4) is 17.2 Å². The number of carbonyl (C=O) groups excluding carboxylic acids is 3. The summed E-state index contributed by atoms with van der Waals surface area (Å²) >= 11 is 1.27. The van der Waals surface area contributed by atoms with E-state index in [0.717, 1.165) is 5.56 Å². The van der Waals surface area contributed by atoms with Gasteiger partial charge in [0.1, 0.15) is 10.9 Å². The summed E-state index contributed by atoms with van der Waals surface area (Å²) in [5, 5.41) is 17.0. The maximum Gasteiger partial charge on any atom is 0.335 e. The molecule has 264 valence electrons. The number of rotatable bonds is 14. The van der Waals surface area contributed by atoms with E-state index in [1.807, 2.05) is 36.4 Å². The summed E-state index contributed by atoms with van der Waals surface area (Å²) in [6.07, 6.45) is 1.50. The maximum atomic E-state index is 13.9. The van der Waals surface area contributed by atoms with Gasteiger partial charge in [-0.25, -0.2) is 4.79 Å². The molecule has 0 radical (unpaired) electrons. The first kappa shape index (κ1) is 36.7. The second kappa shape index (κ2) is 17.4. The first-order valence-electron chi connectivity index (χ1n) is 15.8. The van der Waals surface area contributed by atoms with E-state index in [1.54, 1.807) is 60.7 Å². The van der Waals surface area contributed by atoms with E-state index < -0.39 is 23.0 Å². The summed E-state index contributed by atoms with van der Waals surface area (Å²) in [6.45, 7) is 0. The molecule has 0 aliphatic rings. The van der Waals surface area contributed by atoms with Crippen molar-refractivity contribution in [3.05, 3.63) is 149 Å². The molecule has 0 aliphatic heterocycles. The molecule has 0 bridgehead atoms. The van der Waals surface area contributed by atoms with Gasteiger partial charge < -0.3 is 35.3 Å². The van der Waals surface area contributed by atoms with Crippen molar-refractivity contribution < 1.29 is 38.5 Å². The predicted octanol–water partition coefficient (Wildman–Crippen LogP) is 7.29. The minimum atomic E-state index is -1.06. The highest BCUT2D eigenvalue weighted by atomic mass is 32.2. The number of carboxylic acids is 1. The Labute approximate surface area is 304 Å². The van der Waals surface area contributed by atoms with E-state index in [4.69, 9.17) is 14.2 Å². The first-order chi connectivity index (χ1) is 25.2. The van der Waals surface area contributed by atoms with Crippen molar-refractivity contribution in [2.45, 2.75) is 10.1 Å². The van der Waals surface area contributed by atoms with Crippen molar-refractivity contribution >= 4 is 52.9 Å². The highest BCUT2D eigenvalue weighted by Gasteiger charge is 2.23. The summed E-state index contributed by atoms with van der Waals surface area (Å²) in [5.74, 6) is -1.40. The molecule has 11 nitrogen and oxygen atoms in total. The second-order valence-electron chi connectivity index (χ2n) is 11.1. The SMILES string of the molecule is COc1cc(/C=C(/NC(=O)c2ccccc2)C(=O)Nc2cccc(SC(C(=O)Nc3ccc(C(=O)O)cc3)c3ccccc3)c2)cc(OC)c1OC. The third kappa shape index (κ3) is 9.37. The number of carboxylic acid groups (broad SMARTS) is 1. The van der Waals surface area contributed by atoms with Crippen LogP contribution in [0.2, 0.25) is 0 Å². The molecule has 0 saturated heterocycles. The molecule has 52 heavy (non-hydrogen) atoms. The second-order valence-corrected chi connectivity index (χ2v) is 12.3. The largest absolute Gasteiger partial charge is 0.493 e. The lowest BCUT2D eigenvalue weighted by atomic mass is 10.1.